The third kappa shape index (κ3) is 2.22. The highest BCUT2D eigenvalue weighted by atomic mass is 35.5. The van der Waals surface area contributed by atoms with E-state index in [0.717, 1.165) is 15.6 Å². The van der Waals surface area contributed by atoms with Crippen LogP contribution in [0, 0.1) is 0 Å². The maximum absolute atomic E-state index is 5.91. The van der Waals surface area contributed by atoms with Crippen molar-refractivity contribution in [3.05, 3.63) is 23.2 Å². The number of hydrogen-bond donors (Lipinski definition) is 2. The maximum atomic E-state index is 5.91. The topological polar surface area (TPSA) is 12.0 Å². The van der Waals surface area contributed by atoms with E-state index in [1.807, 2.05) is 24.5 Å². The first-order valence-electron chi connectivity index (χ1n) is 3.01. The Balaban J connectivity index is 2.99. The van der Waals surface area contributed by atoms with Crippen LogP contribution in [0.4, 0.5) is 5.69 Å². The fourth-order valence-corrected chi connectivity index (χ4v) is 1.75. The lowest BCUT2D eigenvalue weighted by Crippen LogP contribution is -1.80. The Morgan fingerprint density at radius 3 is 2.73 bits per heavy atom. The molecule has 1 aromatic carbocycles. The number of anilines is 1. The summed E-state index contributed by atoms with van der Waals surface area (Å²) in [4.78, 5) is 1.08. The zero-order chi connectivity index (χ0) is 8.27. The number of hydrogen-bond acceptors (Lipinski definition) is 3. The molecule has 0 aliphatic carbocycles. The van der Waals surface area contributed by atoms with Gasteiger partial charge in [0.05, 0.1) is 5.02 Å². The van der Waals surface area contributed by atoms with Crippen LogP contribution >= 0.6 is 36.2 Å². The molecule has 0 bridgehead atoms. The van der Waals surface area contributed by atoms with Crippen molar-refractivity contribution in [1.82, 2.24) is 0 Å². The van der Waals surface area contributed by atoms with Crippen LogP contribution in [0.5, 0.6) is 0 Å². The average Bonchev–Trinajstić information content (AvgIpc) is 2.04. The maximum Gasteiger partial charge on any atom is 0.0562 e. The van der Waals surface area contributed by atoms with Gasteiger partial charge in [-0.1, -0.05) is 24.4 Å². The fourth-order valence-electron chi connectivity index (χ4n) is 0.736. The van der Waals surface area contributed by atoms with Crippen LogP contribution in [-0.2, 0) is 0 Å². The zero-order valence-electron chi connectivity index (χ0n) is 5.97. The highest BCUT2D eigenvalue weighted by molar-refractivity contribution is 7.98. The molecular weight excluding hydrogens is 198 g/mol. The molecule has 0 saturated carbocycles. The van der Waals surface area contributed by atoms with E-state index in [-0.39, 0.29) is 0 Å². The molecule has 0 fully saturated rings. The van der Waals surface area contributed by atoms with Gasteiger partial charge in [0.25, 0.3) is 0 Å². The van der Waals surface area contributed by atoms with Crippen LogP contribution in [0.2, 0.25) is 5.02 Å². The van der Waals surface area contributed by atoms with Crippen molar-refractivity contribution in [2.24, 2.45) is 0 Å². The molecule has 0 aliphatic heterocycles. The van der Waals surface area contributed by atoms with Crippen molar-refractivity contribution in [1.29, 1.82) is 0 Å². The Morgan fingerprint density at radius 2 is 2.27 bits per heavy atom. The van der Waals surface area contributed by atoms with Crippen LogP contribution in [-0.4, -0.2) is 6.26 Å². The van der Waals surface area contributed by atoms with Crippen molar-refractivity contribution in [3.8, 4) is 0 Å². The molecular formula is C7H8ClNS2. The average molecular weight is 206 g/mol. The second-order valence-electron chi connectivity index (χ2n) is 1.96. The standard InChI is InChI=1S/C7H8ClNS2/c1-11-7-3-2-5(9-10)4-6(7)8/h2-4,9-10H,1H3. The minimum atomic E-state index is 0.761. The van der Waals surface area contributed by atoms with Gasteiger partial charge in [-0.15, -0.1) is 11.8 Å². The van der Waals surface area contributed by atoms with Crippen molar-refractivity contribution in [2.75, 3.05) is 11.0 Å². The number of nitrogens with one attached hydrogen (secondary N) is 1. The van der Waals surface area contributed by atoms with E-state index in [2.05, 4.69) is 17.5 Å². The summed E-state index contributed by atoms with van der Waals surface area (Å²) in [7, 11) is 0. The predicted octanol–water partition coefficient (Wildman–Crippen LogP) is 3.32. The molecule has 4 heteroatoms. The number of benzene rings is 1. The largest absolute Gasteiger partial charge is 0.332 e. The molecule has 0 atom stereocenters. The number of thioether (sulfide) groups is 1. The van der Waals surface area contributed by atoms with E-state index >= 15 is 0 Å². The molecule has 11 heavy (non-hydrogen) atoms. The number of rotatable bonds is 2. The number of halogens is 1. The quantitative estimate of drug-likeness (QED) is 0.568. The SMILES string of the molecule is CSc1ccc(NS)cc1Cl. The van der Waals surface area contributed by atoms with E-state index in [1.54, 1.807) is 11.8 Å². The Kier molecular flexibility index (Phi) is 3.43. The minimum Gasteiger partial charge on any atom is -0.332 e. The first-order chi connectivity index (χ1) is 5.27. The molecule has 0 aromatic heterocycles. The summed E-state index contributed by atoms with van der Waals surface area (Å²) in [6.07, 6.45) is 2.00. The van der Waals surface area contributed by atoms with Gasteiger partial charge in [-0.2, -0.15) is 0 Å². The smallest absolute Gasteiger partial charge is 0.0562 e. The molecule has 0 amide bonds. The Labute approximate surface area is 81.1 Å². The lowest BCUT2D eigenvalue weighted by molar-refractivity contribution is 1.47. The summed E-state index contributed by atoms with van der Waals surface area (Å²) in [6, 6.07) is 5.75. The van der Waals surface area contributed by atoms with Crippen molar-refractivity contribution in [3.63, 3.8) is 0 Å². The van der Waals surface area contributed by atoms with Crippen LogP contribution in [0.1, 0.15) is 0 Å². The van der Waals surface area contributed by atoms with Crippen LogP contribution in [0.3, 0.4) is 0 Å². The Hall–Kier alpha value is 0.01000. The van der Waals surface area contributed by atoms with E-state index in [4.69, 9.17) is 11.6 Å². The molecule has 1 aromatic rings. The molecule has 0 aliphatic rings. The van der Waals surface area contributed by atoms with Gasteiger partial charge >= 0.3 is 0 Å². The predicted molar refractivity (Wildman–Crippen MR) is 55.8 cm³/mol. The molecule has 60 valence electrons. The highest BCUT2D eigenvalue weighted by Gasteiger charge is 1.98. The molecule has 1 nitrogen and oxygen atoms in total. The lowest BCUT2D eigenvalue weighted by atomic mass is 10.3. The highest BCUT2D eigenvalue weighted by Crippen LogP contribution is 2.27. The van der Waals surface area contributed by atoms with E-state index < -0.39 is 0 Å². The van der Waals surface area contributed by atoms with Gasteiger partial charge in [-0.05, 0) is 24.5 Å². The van der Waals surface area contributed by atoms with E-state index in [0.29, 0.717) is 0 Å². The van der Waals surface area contributed by atoms with E-state index in [1.165, 1.54) is 0 Å². The summed E-state index contributed by atoms with van der Waals surface area (Å²) in [5.74, 6) is 0. The zero-order valence-corrected chi connectivity index (χ0v) is 8.43. The van der Waals surface area contributed by atoms with Crippen molar-refractivity contribution < 1.29 is 0 Å². The second kappa shape index (κ2) is 4.14. The third-order valence-electron chi connectivity index (χ3n) is 1.28. The normalized spacial score (nSPS) is 9.73. The van der Waals surface area contributed by atoms with Gasteiger partial charge in [0.15, 0.2) is 0 Å². The van der Waals surface area contributed by atoms with Gasteiger partial charge in [-0.25, -0.2) is 0 Å². The first-order valence-corrected chi connectivity index (χ1v) is 5.06. The van der Waals surface area contributed by atoms with Crippen molar-refractivity contribution in [2.45, 2.75) is 4.90 Å². The van der Waals surface area contributed by atoms with Gasteiger partial charge in [0, 0.05) is 10.6 Å². The van der Waals surface area contributed by atoms with E-state index in [9.17, 15) is 0 Å². The molecule has 0 saturated heterocycles. The molecule has 0 spiro atoms. The molecule has 1 rings (SSSR count). The van der Waals surface area contributed by atoms with Crippen LogP contribution in [0.25, 0.3) is 0 Å². The fraction of sp³-hybridized carbons (Fsp3) is 0.143. The number of thiol groups is 1. The summed E-state index contributed by atoms with van der Waals surface area (Å²) in [5, 5.41) is 0.761. The van der Waals surface area contributed by atoms with Gasteiger partial charge < -0.3 is 4.72 Å². The minimum absolute atomic E-state index is 0.761. The lowest BCUT2D eigenvalue weighted by Gasteiger charge is -2.02. The Morgan fingerprint density at radius 1 is 1.55 bits per heavy atom. The molecule has 1 N–H and O–H groups in total. The molecule has 0 radical (unpaired) electrons. The van der Waals surface area contributed by atoms with Gasteiger partial charge in [0.1, 0.15) is 0 Å². The molecule has 0 unspecified atom stereocenters. The van der Waals surface area contributed by atoms with Crippen LogP contribution < -0.4 is 4.72 Å². The second-order valence-corrected chi connectivity index (χ2v) is 3.44. The summed E-state index contributed by atoms with van der Waals surface area (Å²) < 4.78 is 2.72. The summed E-state index contributed by atoms with van der Waals surface area (Å²) in [5.41, 5.74) is 0.913. The first kappa shape index (κ1) is 9.10. The summed E-state index contributed by atoms with van der Waals surface area (Å²) >= 11 is 11.4. The Bertz CT molecular complexity index is 252. The van der Waals surface area contributed by atoms with Crippen molar-refractivity contribution >= 4 is 41.9 Å². The monoisotopic (exact) mass is 205 g/mol. The summed E-state index contributed by atoms with van der Waals surface area (Å²) in [6.45, 7) is 0. The van der Waals surface area contributed by atoms with Gasteiger partial charge in [0.2, 0.25) is 0 Å². The van der Waals surface area contributed by atoms with Crippen LogP contribution in [0.15, 0.2) is 23.1 Å². The van der Waals surface area contributed by atoms with Gasteiger partial charge in [-0.3, -0.25) is 0 Å². The third-order valence-corrected chi connectivity index (χ3v) is 2.76. The molecule has 0 heterocycles.